The molecule has 3 aromatic rings. The fourth-order valence-corrected chi connectivity index (χ4v) is 8.14. The summed E-state index contributed by atoms with van der Waals surface area (Å²) in [6, 6.07) is 6.76. The van der Waals surface area contributed by atoms with Crippen LogP contribution in [0.5, 0.6) is 5.75 Å². The molecule has 0 spiro atoms. The largest absolute Gasteiger partial charge is 0.493 e. The standard InChI is InChI=1S/C25H28Cl2N6O4S2/c1-15(2)31(3)13-16-4-5-18-19(6-9-37-21(18)10-16)32-14-17(29-30-32)11-20-25(34)28-7-8-33(20)39(35,36)22-12-23(26)38-24(22)27/h4-5,7-8,10,12,14-15,19-20H,6,9,11,13H2,1-3H3,(H,28,34). The van der Waals surface area contributed by atoms with Crippen LogP contribution in [-0.2, 0) is 27.8 Å². The number of ether oxygens (including phenoxy) is 1. The van der Waals surface area contributed by atoms with Gasteiger partial charge in [0, 0.05) is 49.6 Å². The summed E-state index contributed by atoms with van der Waals surface area (Å²) in [7, 11) is -2.05. The number of rotatable bonds is 8. The number of sulfonamides is 1. The lowest BCUT2D eigenvalue weighted by Gasteiger charge is -2.30. The Labute approximate surface area is 241 Å². The first kappa shape index (κ1) is 27.9. The third-order valence-corrected chi connectivity index (χ3v) is 10.5. The molecule has 0 saturated heterocycles. The maximum atomic E-state index is 13.4. The molecule has 0 fully saturated rings. The van der Waals surface area contributed by atoms with Crippen LogP contribution in [0.1, 0.15) is 43.1 Å². The summed E-state index contributed by atoms with van der Waals surface area (Å²) in [4.78, 5) is 14.9. The summed E-state index contributed by atoms with van der Waals surface area (Å²) in [5.41, 5.74) is 2.64. The molecule has 1 amide bonds. The number of aromatic nitrogens is 3. The Morgan fingerprint density at radius 3 is 2.79 bits per heavy atom. The van der Waals surface area contributed by atoms with Crippen molar-refractivity contribution in [2.45, 2.75) is 56.3 Å². The van der Waals surface area contributed by atoms with E-state index in [2.05, 4.69) is 59.6 Å². The van der Waals surface area contributed by atoms with Crippen LogP contribution in [0.25, 0.3) is 0 Å². The predicted molar refractivity (Wildman–Crippen MR) is 149 cm³/mol. The Morgan fingerprint density at radius 2 is 2.08 bits per heavy atom. The number of nitrogens with one attached hydrogen (secondary N) is 1. The molecule has 0 radical (unpaired) electrons. The third kappa shape index (κ3) is 5.66. The molecule has 2 aliphatic heterocycles. The van der Waals surface area contributed by atoms with Crippen molar-refractivity contribution in [2.24, 2.45) is 0 Å². The van der Waals surface area contributed by atoms with E-state index in [0.29, 0.717) is 24.8 Å². The van der Waals surface area contributed by atoms with Crippen LogP contribution in [0.15, 0.2) is 47.8 Å². The van der Waals surface area contributed by atoms with E-state index in [-0.39, 0.29) is 26.0 Å². The molecule has 2 aromatic heterocycles. The van der Waals surface area contributed by atoms with Crippen LogP contribution in [0, 0.1) is 0 Å². The van der Waals surface area contributed by atoms with Crippen LogP contribution in [0.3, 0.4) is 0 Å². The SMILES string of the molecule is CC(C)N(C)Cc1ccc2c(c1)OCCC2n1cc(CC2C(=O)NC=CN2S(=O)(=O)c2cc(Cl)sc2Cl)nn1. The Morgan fingerprint density at radius 1 is 1.28 bits per heavy atom. The monoisotopic (exact) mass is 610 g/mol. The summed E-state index contributed by atoms with van der Waals surface area (Å²) < 4.78 is 35.8. The third-order valence-electron chi connectivity index (χ3n) is 6.92. The Hall–Kier alpha value is -2.64. The fourth-order valence-electron chi connectivity index (χ4n) is 4.57. The minimum atomic E-state index is -4.14. The zero-order valence-electron chi connectivity index (χ0n) is 21.5. The van der Waals surface area contributed by atoms with Crippen molar-refractivity contribution in [2.75, 3.05) is 13.7 Å². The molecule has 5 rings (SSSR count). The maximum absolute atomic E-state index is 13.4. The van der Waals surface area contributed by atoms with Gasteiger partial charge >= 0.3 is 0 Å². The fraction of sp³-hybridized carbons (Fsp3) is 0.400. The zero-order chi connectivity index (χ0) is 27.9. The maximum Gasteiger partial charge on any atom is 0.267 e. The number of thiophene rings is 1. The van der Waals surface area contributed by atoms with E-state index in [1.807, 2.05) is 0 Å². The van der Waals surface area contributed by atoms with Gasteiger partial charge in [0.15, 0.2) is 0 Å². The van der Waals surface area contributed by atoms with E-state index >= 15 is 0 Å². The highest BCUT2D eigenvalue weighted by molar-refractivity contribution is 7.89. The number of benzene rings is 1. The molecule has 0 bridgehead atoms. The summed E-state index contributed by atoms with van der Waals surface area (Å²) in [5.74, 6) is 0.335. The van der Waals surface area contributed by atoms with E-state index < -0.39 is 22.0 Å². The molecule has 0 aliphatic carbocycles. The second kappa shape index (κ2) is 11.1. The van der Waals surface area contributed by atoms with Gasteiger partial charge in [-0.1, -0.05) is 40.5 Å². The highest BCUT2D eigenvalue weighted by atomic mass is 35.5. The molecule has 2 atom stereocenters. The van der Waals surface area contributed by atoms with Crippen molar-refractivity contribution in [1.82, 2.24) is 29.5 Å². The van der Waals surface area contributed by atoms with Gasteiger partial charge in [-0.3, -0.25) is 14.0 Å². The molecular weight excluding hydrogens is 583 g/mol. The van der Waals surface area contributed by atoms with Gasteiger partial charge in [-0.25, -0.2) is 13.1 Å². The molecule has 208 valence electrons. The first-order valence-electron chi connectivity index (χ1n) is 12.4. The van der Waals surface area contributed by atoms with Crippen LogP contribution < -0.4 is 10.1 Å². The molecule has 39 heavy (non-hydrogen) atoms. The lowest BCUT2D eigenvalue weighted by Crippen LogP contribution is -2.50. The van der Waals surface area contributed by atoms with E-state index in [9.17, 15) is 13.2 Å². The predicted octanol–water partition coefficient (Wildman–Crippen LogP) is 4.06. The van der Waals surface area contributed by atoms with E-state index in [4.69, 9.17) is 27.9 Å². The van der Waals surface area contributed by atoms with E-state index in [1.54, 1.807) is 10.9 Å². The molecule has 0 saturated carbocycles. The quantitative estimate of drug-likeness (QED) is 0.409. The van der Waals surface area contributed by atoms with E-state index in [1.165, 1.54) is 18.5 Å². The molecule has 4 heterocycles. The van der Waals surface area contributed by atoms with Crippen LogP contribution in [0.2, 0.25) is 8.67 Å². The van der Waals surface area contributed by atoms with Crippen molar-refractivity contribution >= 4 is 50.5 Å². The summed E-state index contributed by atoms with van der Waals surface area (Å²) in [5, 5.41) is 11.2. The topological polar surface area (TPSA) is 110 Å². The van der Waals surface area contributed by atoms with Crippen molar-refractivity contribution in [3.8, 4) is 5.75 Å². The number of hydrogen-bond donors (Lipinski definition) is 1. The molecule has 2 unspecified atom stereocenters. The normalized spacial score (nSPS) is 19.4. The Balaban J connectivity index is 1.37. The number of halogens is 2. The molecule has 14 heteroatoms. The van der Waals surface area contributed by atoms with Gasteiger partial charge in [0.25, 0.3) is 10.0 Å². The summed E-state index contributed by atoms with van der Waals surface area (Å²) in [6.07, 6.45) is 5.05. The first-order valence-corrected chi connectivity index (χ1v) is 15.4. The lowest BCUT2D eigenvalue weighted by molar-refractivity contribution is -0.124. The van der Waals surface area contributed by atoms with Crippen LogP contribution >= 0.6 is 34.5 Å². The van der Waals surface area contributed by atoms with Gasteiger partial charge in [0.1, 0.15) is 21.0 Å². The van der Waals surface area contributed by atoms with Gasteiger partial charge in [-0.2, -0.15) is 0 Å². The van der Waals surface area contributed by atoms with Crippen molar-refractivity contribution in [3.05, 3.63) is 68.4 Å². The number of amides is 1. The molecule has 1 aromatic carbocycles. The van der Waals surface area contributed by atoms with E-state index in [0.717, 1.165) is 39.1 Å². The molecule has 1 N–H and O–H groups in total. The second-order valence-corrected chi connectivity index (χ2v) is 13.9. The molecule has 2 aliphatic rings. The van der Waals surface area contributed by atoms with Gasteiger partial charge in [0.2, 0.25) is 5.91 Å². The highest BCUT2D eigenvalue weighted by Gasteiger charge is 2.38. The van der Waals surface area contributed by atoms with Crippen molar-refractivity contribution in [1.29, 1.82) is 0 Å². The number of nitrogens with zero attached hydrogens (tertiary/aromatic N) is 5. The average molecular weight is 612 g/mol. The number of carbonyl (C=O) groups is 1. The molecular formula is C25H28Cl2N6O4S2. The first-order chi connectivity index (χ1) is 18.5. The molecule has 10 nitrogen and oxygen atoms in total. The van der Waals surface area contributed by atoms with Crippen molar-refractivity contribution < 1.29 is 17.9 Å². The summed E-state index contributed by atoms with van der Waals surface area (Å²) >= 11 is 13.1. The Bertz CT molecular complexity index is 1520. The van der Waals surface area contributed by atoms with Crippen molar-refractivity contribution in [3.63, 3.8) is 0 Å². The second-order valence-electron chi connectivity index (χ2n) is 9.79. The number of hydrogen-bond acceptors (Lipinski definition) is 8. The number of carbonyl (C=O) groups excluding carboxylic acids is 1. The van der Waals surface area contributed by atoms with Gasteiger partial charge in [-0.15, -0.1) is 16.4 Å². The minimum Gasteiger partial charge on any atom is -0.493 e. The zero-order valence-corrected chi connectivity index (χ0v) is 24.7. The minimum absolute atomic E-state index is 0.0153. The van der Waals surface area contributed by atoms with Gasteiger partial charge in [0.05, 0.1) is 22.7 Å². The number of fused-ring (bicyclic) bond motifs is 1. The van der Waals surface area contributed by atoms with Gasteiger partial charge < -0.3 is 10.1 Å². The summed E-state index contributed by atoms with van der Waals surface area (Å²) in [6.45, 7) is 5.65. The Kier molecular flexibility index (Phi) is 7.93. The van der Waals surface area contributed by atoms with Gasteiger partial charge in [-0.05, 0) is 38.6 Å². The smallest absolute Gasteiger partial charge is 0.267 e. The average Bonchev–Trinajstić information content (AvgIpc) is 3.50. The van der Waals surface area contributed by atoms with Crippen LogP contribution in [-0.4, -0.2) is 64.3 Å². The lowest BCUT2D eigenvalue weighted by atomic mass is 9.98. The van der Waals surface area contributed by atoms with Crippen LogP contribution in [0.4, 0.5) is 0 Å². The highest BCUT2D eigenvalue weighted by Crippen LogP contribution is 2.38.